The zero-order valence-corrected chi connectivity index (χ0v) is 20.9. The van der Waals surface area contributed by atoms with Crippen LogP contribution in [0.3, 0.4) is 0 Å². The van der Waals surface area contributed by atoms with Crippen LogP contribution in [-0.2, 0) is 0 Å². The number of phenolic OH excluding ortho intramolecular Hbond substituents is 1. The lowest BCUT2D eigenvalue weighted by Crippen LogP contribution is -2.32. The summed E-state index contributed by atoms with van der Waals surface area (Å²) in [7, 11) is 3.12. The average molecular weight is 444 g/mol. The topological polar surface area (TPSA) is 59.0 Å². The molecular formula is C27H41NO4. The largest absolute Gasteiger partial charge is 0.504 e. The number of hydrogen-bond donors (Lipinski definition) is 1. The zero-order valence-electron chi connectivity index (χ0n) is 20.9. The molecule has 0 saturated carbocycles. The van der Waals surface area contributed by atoms with Gasteiger partial charge < -0.3 is 19.5 Å². The second kappa shape index (κ2) is 13.5. The van der Waals surface area contributed by atoms with Crippen molar-refractivity contribution in [3.8, 4) is 17.2 Å². The molecular weight excluding hydrogens is 402 g/mol. The van der Waals surface area contributed by atoms with E-state index in [1.54, 1.807) is 24.1 Å². The van der Waals surface area contributed by atoms with Crippen LogP contribution in [0.5, 0.6) is 17.2 Å². The van der Waals surface area contributed by atoms with Crippen LogP contribution in [0.25, 0.3) is 5.57 Å². The van der Waals surface area contributed by atoms with Gasteiger partial charge in [0.25, 0.3) is 5.91 Å². The van der Waals surface area contributed by atoms with Gasteiger partial charge in [-0.25, -0.2) is 0 Å². The van der Waals surface area contributed by atoms with Crippen LogP contribution in [0.4, 0.5) is 0 Å². The van der Waals surface area contributed by atoms with E-state index in [4.69, 9.17) is 9.47 Å². The molecule has 2 aromatic rings. The van der Waals surface area contributed by atoms with Crippen LogP contribution < -0.4 is 9.47 Å². The van der Waals surface area contributed by atoms with Crippen molar-refractivity contribution < 1.29 is 20.8 Å². The predicted octanol–water partition coefficient (Wildman–Crippen LogP) is 7.07. The van der Waals surface area contributed by atoms with Gasteiger partial charge in [-0.05, 0) is 60.7 Å². The van der Waals surface area contributed by atoms with E-state index in [9.17, 15) is 9.90 Å². The summed E-state index contributed by atoms with van der Waals surface area (Å²) in [6, 6.07) is 11.2. The molecule has 0 saturated heterocycles. The number of phenols is 1. The standard InChI is InChI=1S/C22H25NO4.C3H8.C2H6.H2/c1-5-17-11-16(15-6-8-18(26-3)9-7-15)13-23(17)22(25)19-12-21(27-4)20(24)10-14(19)2;1-3-2;1-2;/h6-10,12-13,17,24H,5,11H2,1-4H3;3H2,1-2H3;1-2H3;1H. The first-order valence-corrected chi connectivity index (χ1v) is 11.4. The fourth-order valence-corrected chi connectivity index (χ4v) is 3.45. The minimum atomic E-state index is -0.0823. The second-order valence-corrected chi connectivity index (χ2v) is 7.41. The van der Waals surface area contributed by atoms with Crippen LogP contribution in [-0.4, -0.2) is 36.2 Å². The first kappa shape index (κ1) is 27.1. The first-order chi connectivity index (χ1) is 15.4. The summed E-state index contributed by atoms with van der Waals surface area (Å²) >= 11 is 0. The molecule has 1 atom stereocenters. The van der Waals surface area contributed by atoms with Crippen molar-refractivity contribution in [2.45, 2.75) is 66.8 Å². The van der Waals surface area contributed by atoms with Gasteiger partial charge in [-0.1, -0.05) is 53.2 Å². The summed E-state index contributed by atoms with van der Waals surface area (Å²) in [5, 5.41) is 9.92. The average Bonchev–Trinajstić information content (AvgIpc) is 3.25. The summed E-state index contributed by atoms with van der Waals surface area (Å²) in [6.07, 6.45) is 4.86. The lowest BCUT2D eigenvalue weighted by atomic mass is 10.0. The van der Waals surface area contributed by atoms with Crippen molar-refractivity contribution in [1.29, 1.82) is 0 Å². The molecule has 0 aromatic heterocycles. The maximum absolute atomic E-state index is 13.2. The lowest BCUT2D eigenvalue weighted by Gasteiger charge is -2.23. The van der Waals surface area contributed by atoms with Gasteiger partial charge in [0, 0.05) is 19.2 Å². The normalized spacial score (nSPS) is 14.4. The summed E-state index contributed by atoms with van der Waals surface area (Å²) in [4.78, 5) is 15.0. The Labute approximate surface area is 195 Å². The Kier molecular flexibility index (Phi) is 11.4. The molecule has 0 spiro atoms. The lowest BCUT2D eigenvalue weighted by molar-refractivity contribution is 0.0781. The Balaban J connectivity index is 0.00000158. The number of hydrogen-bond acceptors (Lipinski definition) is 4. The van der Waals surface area contributed by atoms with E-state index in [2.05, 4.69) is 20.8 Å². The third kappa shape index (κ3) is 6.52. The zero-order chi connectivity index (χ0) is 24.3. The molecule has 32 heavy (non-hydrogen) atoms. The quantitative estimate of drug-likeness (QED) is 0.537. The molecule has 1 amide bonds. The Bertz CT molecular complexity index is 894. The molecule has 5 heteroatoms. The van der Waals surface area contributed by atoms with Gasteiger partial charge in [0.1, 0.15) is 5.75 Å². The summed E-state index contributed by atoms with van der Waals surface area (Å²) in [5.41, 5.74) is 3.47. The third-order valence-electron chi connectivity index (χ3n) is 5.07. The maximum Gasteiger partial charge on any atom is 0.258 e. The van der Waals surface area contributed by atoms with Crippen molar-refractivity contribution in [2.75, 3.05) is 14.2 Å². The Morgan fingerprint density at radius 1 is 1.09 bits per heavy atom. The van der Waals surface area contributed by atoms with Crippen LogP contribution >= 0.6 is 0 Å². The molecule has 5 nitrogen and oxygen atoms in total. The minimum Gasteiger partial charge on any atom is -0.504 e. The number of carbonyl (C=O) groups is 1. The van der Waals surface area contributed by atoms with Crippen molar-refractivity contribution in [1.82, 2.24) is 4.90 Å². The maximum atomic E-state index is 13.2. The highest BCUT2D eigenvalue weighted by molar-refractivity contribution is 5.98. The number of aryl methyl sites for hydroxylation is 1. The molecule has 1 aliphatic heterocycles. The van der Waals surface area contributed by atoms with E-state index in [-0.39, 0.29) is 19.1 Å². The Hall–Kier alpha value is -2.95. The van der Waals surface area contributed by atoms with Gasteiger partial charge >= 0.3 is 0 Å². The van der Waals surface area contributed by atoms with E-state index in [0.29, 0.717) is 11.3 Å². The molecule has 0 bridgehead atoms. The van der Waals surface area contributed by atoms with E-state index >= 15 is 0 Å². The third-order valence-corrected chi connectivity index (χ3v) is 5.07. The molecule has 1 unspecified atom stereocenters. The molecule has 3 rings (SSSR count). The molecule has 2 aromatic carbocycles. The fourth-order valence-electron chi connectivity index (χ4n) is 3.45. The van der Waals surface area contributed by atoms with Crippen molar-refractivity contribution >= 4 is 11.5 Å². The summed E-state index contributed by atoms with van der Waals surface area (Å²) in [5.74, 6) is 1.07. The Morgan fingerprint density at radius 2 is 1.69 bits per heavy atom. The van der Waals surface area contributed by atoms with Crippen molar-refractivity contribution in [2.24, 2.45) is 0 Å². The van der Waals surface area contributed by atoms with Gasteiger partial charge in [0.2, 0.25) is 0 Å². The Morgan fingerprint density at radius 3 is 2.19 bits per heavy atom. The van der Waals surface area contributed by atoms with Crippen LogP contribution in [0.2, 0.25) is 0 Å². The summed E-state index contributed by atoms with van der Waals surface area (Å²) in [6.45, 7) is 12.2. The number of nitrogens with zero attached hydrogens (tertiary/aromatic N) is 1. The van der Waals surface area contributed by atoms with E-state index in [1.807, 2.05) is 51.2 Å². The van der Waals surface area contributed by atoms with Crippen molar-refractivity contribution in [3.63, 3.8) is 0 Å². The number of carbonyl (C=O) groups excluding carboxylic acids is 1. The van der Waals surface area contributed by atoms with Crippen molar-refractivity contribution in [3.05, 3.63) is 59.3 Å². The number of benzene rings is 2. The molecule has 1 N–H and O–H groups in total. The van der Waals surface area contributed by atoms with E-state index < -0.39 is 0 Å². The number of amides is 1. The van der Waals surface area contributed by atoms with E-state index in [0.717, 1.165) is 35.3 Å². The van der Waals surface area contributed by atoms with Gasteiger partial charge in [-0.15, -0.1) is 0 Å². The highest BCUT2D eigenvalue weighted by atomic mass is 16.5. The molecule has 178 valence electrons. The second-order valence-electron chi connectivity index (χ2n) is 7.41. The van der Waals surface area contributed by atoms with E-state index in [1.165, 1.54) is 13.5 Å². The van der Waals surface area contributed by atoms with Gasteiger partial charge in [-0.2, -0.15) is 0 Å². The van der Waals surface area contributed by atoms with Gasteiger partial charge in [0.05, 0.1) is 14.2 Å². The predicted molar refractivity (Wildman–Crippen MR) is 135 cm³/mol. The SMILES string of the molecule is CC.CCC.CCC1CC(c2ccc(OC)cc2)=CN1C(=O)c1cc(OC)c(O)cc1C.[HH]. The smallest absolute Gasteiger partial charge is 0.258 e. The molecule has 1 heterocycles. The van der Waals surface area contributed by atoms with Gasteiger partial charge in [0.15, 0.2) is 11.5 Å². The number of aromatic hydroxyl groups is 1. The highest BCUT2D eigenvalue weighted by Crippen LogP contribution is 2.35. The monoisotopic (exact) mass is 443 g/mol. The van der Waals surface area contributed by atoms with Crippen LogP contribution in [0.1, 0.15) is 76.8 Å². The first-order valence-electron chi connectivity index (χ1n) is 11.4. The summed E-state index contributed by atoms with van der Waals surface area (Å²) < 4.78 is 10.4. The highest BCUT2D eigenvalue weighted by Gasteiger charge is 2.30. The molecule has 0 radical (unpaired) electrons. The number of rotatable bonds is 5. The van der Waals surface area contributed by atoms with Gasteiger partial charge in [-0.3, -0.25) is 4.79 Å². The minimum absolute atomic E-state index is 0. The number of methoxy groups -OCH3 is 2. The molecule has 0 aliphatic carbocycles. The van der Waals surface area contributed by atoms with Crippen LogP contribution in [0, 0.1) is 6.92 Å². The molecule has 1 aliphatic rings. The molecule has 0 fully saturated rings. The number of ether oxygens (including phenoxy) is 2. The fraction of sp³-hybridized carbons (Fsp3) is 0.444. The van der Waals surface area contributed by atoms with Crippen LogP contribution in [0.15, 0.2) is 42.6 Å².